The van der Waals surface area contributed by atoms with Crippen LogP contribution in [0.5, 0.6) is 0 Å². The standard InChI is InChI=1S/C12H15N5O2/c1-5-7(3)15-17-12(19)9(5)11(18)13-10-6(2)8(4)14-16-10/h1-4H3,(H,17,19)(H2,13,14,16,18). The molecule has 19 heavy (non-hydrogen) atoms. The highest BCUT2D eigenvalue weighted by atomic mass is 16.2. The number of aromatic nitrogens is 4. The van der Waals surface area contributed by atoms with Gasteiger partial charge in [0.15, 0.2) is 5.82 Å². The Hall–Kier alpha value is -2.44. The van der Waals surface area contributed by atoms with Crippen LogP contribution in [0.4, 0.5) is 5.82 Å². The summed E-state index contributed by atoms with van der Waals surface area (Å²) in [5.74, 6) is -0.0605. The lowest BCUT2D eigenvalue weighted by Crippen LogP contribution is -2.26. The van der Waals surface area contributed by atoms with E-state index < -0.39 is 11.5 Å². The summed E-state index contributed by atoms with van der Waals surface area (Å²) in [5.41, 5.74) is 2.43. The van der Waals surface area contributed by atoms with E-state index in [-0.39, 0.29) is 5.56 Å². The van der Waals surface area contributed by atoms with Crippen LogP contribution in [-0.4, -0.2) is 26.3 Å². The maximum Gasteiger partial charge on any atom is 0.277 e. The van der Waals surface area contributed by atoms with Gasteiger partial charge in [-0.25, -0.2) is 5.10 Å². The third-order valence-electron chi connectivity index (χ3n) is 3.18. The van der Waals surface area contributed by atoms with E-state index in [2.05, 4.69) is 25.7 Å². The van der Waals surface area contributed by atoms with E-state index in [9.17, 15) is 9.59 Å². The minimum Gasteiger partial charge on any atom is -0.305 e. The summed E-state index contributed by atoms with van der Waals surface area (Å²) in [5, 5.41) is 15.5. The van der Waals surface area contributed by atoms with E-state index >= 15 is 0 Å². The lowest BCUT2D eigenvalue weighted by Gasteiger charge is -2.06. The van der Waals surface area contributed by atoms with Crippen LogP contribution in [0.15, 0.2) is 4.79 Å². The van der Waals surface area contributed by atoms with Crippen molar-refractivity contribution in [3.63, 3.8) is 0 Å². The van der Waals surface area contributed by atoms with E-state index in [1.165, 1.54) is 0 Å². The van der Waals surface area contributed by atoms with Crippen LogP contribution in [0.25, 0.3) is 0 Å². The van der Waals surface area contributed by atoms with Gasteiger partial charge in [0, 0.05) is 11.3 Å². The maximum absolute atomic E-state index is 12.2. The minimum atomic E-state index is -0.509. The molecule has 2 heterocycles. The van der Waals surface area contributed by atoms with E-state index in [1.54, 1.807) is 13.8 Å². The predicted octanol–water partition coefficient (Wildman–Crippen LogP) is 0.979. The third kappa shape index (κ3) is 2.26. The van der Waals surface area contributed by atoms with Gasteiger partial charge in [0.05, 0.1) is 5.69 Å². The van der Waals surface area contributed by atoms with Crippen LogP contribution in [-0.2, 0) is 0 Å². The number of nitrogens with zero attached hydrogens (tertiary/aromatic N) is 2. The van der Waals surface area contributed by atoms with Crippen LogP contribution < -0.4 is 10.9 Å². The fraction of sp³-hybridized carbons (Fsp3) is 0.333. The number of nitrogens with one attached hydrogen (secondary N) is 3. The number of hydrogen-bond acceptors (Lipinski definition) is 4. The Kier molecular flexibility index (Phi) is 3.20. The second-order valence-corrected chi connectivity index (χ2v) is 4.41. The first-order chi connectivity index (χ1) is 8.91. The van der Waals surface area contributed by atoms with Crippen LogP contribution in [0.1, 0.15) is 32.9 Å². The number of aryl methyl sites for hydroxylation is 2. The molecule has 0 aliphatic carbocycles. The first-order valence-electron chi connectivity index (χ1n) is 5.80. The minimum absolute atomic E-state index is 0.0625. The fourth-order valence-corrected chi connectivity index (χ4v) is 1.68. The lowest BCUT2D eigenvalue weighted by molar-refractivity contribution is 0.102. The number of anilines is 1. The van der Waals surface area contributed by atoms with Crippen molar-refractivity contribution in [2.24, 2.45) is 0 Å². The monoisotopic (exact) mass is 261 g/mol. The molecule has 0 aliphatic rings. The second kappa shape index (κ2) is 4.68. The zero-order valence-corrected chi connectivity index (χ0v) is 11.2. The molecule has 0 spiro atoms. The van der Waals surface area contributed by atoms with Gasteiger partial charge in [-0.05, 0) is 33.3 Å². The van der Waals surface area contributed by atoms with Crippen LogP contribution in [0.2, 0.25) is 0 Å². The molecule has 0 aliphatic heterocycles. The first-order valence-corrected chi connectivity index (χ1v) is 5.80. The van der Waals surface area contributed by atoms with Gasteiger partial charge in [0.1, 0.15) is 5.56 Å². The van der Waals surface area contributed by atoms with Gasteiger partial charge in [-0.15, -0.1) is 0 Å². The van der Waals surface area contributed by atoms with E-state index in [4.69, 9.17) is 0 Å². The quantitative estimate of drug-likeness (QED) is 0.749. The van der Waals surface area contributed by atoms with Gasteiger partial charge in [0.2, 0.25) is 0 Å². The number of carbonyl (C=O) groups excluding carboxylic acids is 1. The zero-order chi connectivity index (χ0) is 14.2. The summed E-state index contributed by atoms with van der Waals surface area (Å²) >= 11 is 0. The topological polar surface area (TPSA) is 104 Å². The Morgan fingerprint density at radius 3 is 2.32 bits per heavy atom. The summed E-state index contributed by atoms with van der Waals surface area (Å²) in [6.45, 7) is 7.11. The predicted molar refractivity (Wildman–Crippen MR) is 70.3 cm³/mol. The molecule has 0 saturated carbocycles. The molecule has 0 aromatic carbocycles. The highest BCUT2D eigenvalue weighted by Gasteiger charge is 2.18. The van der Waals surface area contributed by atoms with Gasteiger partial charge >= 0.3 is 0 Å². The first kappa shape index (κ1) is 13.0. The molecule has 0 fully saturated rings. The van der Waals surface area contributed by atoms with Crippen molar-refractivity contribution in [1.29, 1.82) is 0 Å². The zero-order valence-electron chi connectivity index (χ0n) is 11.2. The molecule has 3 N–H and O–H groups in total. The van der Waals surface area contributed by atoms with E-state index in [0.29, 0.717) is 17.1 Å². The molecular formula is C12H15N5O2. The Bertz CT molecular complexity index is 699. The second-order valence-electron chi connectivity index (χ2n) is 4.41. The van der Waals surface area contributed by atoms with Crippen molar-refractivity contribution in [1.82, 2.24) is 20.4 Å². The fourth-order valence-electron chi connectivity index (χ4n) is 1.68. The Balaban J connectivity index is 2.39. The summed E-state index contributed by atoms with van der Waals surface area (Å²) in [6.07, 6.45) is 0. The van der Waals surface area contributed by atoms with Gasteiger partial charge in [-0.3, -0.25) is 14.7 Å². The molecule has 0 radical (unpaired) electrons. The molecule has 2 aromatic heterocycles. The Morgan fingerprint density at radius 1 is 1.05 bits per heavy atom. The van der Waals surface area contributed by atoms with Gasteiger partial charge in [-0.1, -0.05) is 0 Å². The molecule has 7 nitrogen and oxygen atoms in total. The summed E-state index contributed by atoms with van der Waals surface area (Å²) in [6, 6.07) is 0. The molecule has 0 unspecified atom stereocenters. The number of amides is 1. The van der Waals surface area contributed by atoms with E-state index in [1.807, 2.05) is 13.8 Å². The summed E-state index contributed by atoms with van der Waals surface area (Å²) in [4.78, 5) is 23.9. The molecule has 0 atom stereocenters. The summed E-state index contributed by atoms with van der Waals surface area (Å²) < 4.78 is 0. The highest BCUT2D eigenvalue weighted by Crippen LogP contribution is 2.15. The average Bonchev–Trinajstić information content (AvgIpc) is 2.66. The molecule has 0 bridgehead atoms. The van der Waals surface area contributed by atoms with Gasteiger partial charge < -0.3 is 5.32 Å². The summed E-state index contributed by atoms with van der Waals surface area (Å²) in [7, 11) is 0. The average molecular weight is 261 g/mol. The molecule has 1 amide bonds. The smallest absolute Gasteiger partial charge is 0.277 e. The number of rotatable bonds is 2. The number of carbonyl (C=O) groups is 1. The Morgan fingerprint density at radius 2 is 1.74 bits per heavy atom. The largest absolute Gasteiger partial charge is 0.305 e. The molecule has 7 heteroatoms. The SMILES string of the molecule is Cc1n[nH]c(=O)c(C(=O)Nc2n[nH]c(C)c2C)c1C. The van der Waals surface area contributed by atoms with Crippen LogP contribution in [0, 0.1) is 27.7 Å². The maximum atomic E-state index is 12.2. The Labute approximate surface area is 109 Å². The van der Waals surface area contributed by atoms with Crippen molar-refractivity contribution in [2.45, 2.75) is 27.7 Å². The van der Waals surface area contributed by atoms with Crippen LogP contribution in [0.3, 0.4) is 0 Å². The van der Waals surface area contributed by atoms with Crippen molar-refractivity contribution < 1.29 is 4.79 Å². The van der Waals surface area contributed by atoms with Gasteiger partial charge in [0.25, 0.3) is 11.5 Å². The van der Waals surface area contributed by atoms with Crippen molar-refractivity contribution in [3.05, 3.63) is 38.4 Å². The van der Waals surface area contributed by atoms with Crippen LogP contribution >= 0.6 is 0 Å². The van der Waals surface area contributed by atoms with Crippen molar-refractivity contribution in [3.8, 4) is 0 Å². The van der Waals surface area contributed by atoms with Gasteiger partial charge in [-0.2, -0.15) is 10.2 Å². The molecule has 100 valence electrons. The molecular weight excluding hydrogens is 246 g/mol. The normalized spacial score (nSPS) is 10.5. The third-order valence-corrected chi connectivity index (χ3v) is 3.18. The number of hydrogen-bond donors (Lipinski definition) is 3. The number of H-pyrrole nitrogens is 2. The van der Waals surface area contributed by atoms with Crippen molar-refractivity contribution >= 4 is 11.7 Å². The van der Waals surface area contributed by atoms with E-state index in [0.717, 1.165) is 11.3 Å². The molecule has 2 rings (SSSR count). The number of aromatic amines is 2. The lowest BCUT2D eigenvalue weighted by atomic mass is 10.1. The molecule has 2 aromatic rings. The van der Waals surface area contributed by atoms with Crippen molar-refractivity contribution in [2.75, 3.05) is 5.32 Å². The molecule has 0 saturated heterocycles. The highest BCUT2D eigenvalue weighted by molar-refractivity contribution is 6.04.